The summed E-state index contributed by atoms with van der Waals surface area (Å²) in [6, 6.07) is 12.1. The van der Waals surface area contributed by atoms with Crippen LogP contribution in [0.15, 0.2) is 36.4 Å². The number of benzene rings is 1. The van der Waals surface area contributed by atoms with Crippen molar-refractivity contribution in [2.24, 2.45) is 0 Å². The van der Waals surface area contributed by atoms with E-state index in [0.717, 1.165) is 33.2 Å². The fourth-order valence-electron chi connectivity index (χ4n) is 3.06. The van der Waals surface area contributed by atoms with Crippen molar-refractivity contribution in [2.75, 3.05) is 7.05 Å². The van der Waals surface area contributed by atoms with E-state index in [0.29, 0.717) is 6.04 Å². The Morgan fingerprint density at radius 1 is 1.18 bits per heavy atom. The van der Waals surface area contributed by atoms with E-state index in [2.05, 4.69) is 0 Å². The Bertz CT molecular complexity index is 661. The monoisotopic (exact) mass is 333 g/mol. The van der Waals surface area contributed by atoms with Gasteiger partial charge in [0.05, 0.1) is 4.88 Å². The van der Waals surface area contributed by atoms with E-state index >= 15 is 0 Å². The van der Waals surface area contributed by atoms with Gasteiger partial charge in [-0.1, -0.05) is 43.0 Å². The second kappa shape index (κ2) is 6.84. The number of rotatable bonds is 3. The van der Waals surface area contributed by atoms with Crippen molar-refractivity contribution in [3.63, 3.8) is 0 Å². The molecule has 2 aromatic rings. The number of carbonyl (C=O) groups excluding carboxylic acids is 1. The maximum absolute atomic E-state index is 12.7. The number of hydrogen-bond acceptors (Lipinski definition) is 2. The molecule has 1 fully saturated rings. The van der Waals surface area contributed by atoms with Crippen LogP contribution >= 0.6 is 22.9 Å². The first kappa shape index (κ1) is 15.6. The Labute approximate surface area is 140 Å². The molecule has 2 nitrogen and oxygen atoms in total. The van der Waals surface area contributed by atoms with Gasteiger partial charge in [-0.2, -0.15) is 0 Å². The number of carbonyl (C=O) groups is 1. The number of thiophene rings is 1. The fourth-order valence-corrected chi connectivity index (χ4v) is 4.23. The zero-order valence-electron chi connectivity index (χ0n) is 12.7. The molecule has 3 rings (SSSR count). The van der Waals surface area contributed by atoms with Gasteiger partial charge >= 0.3 is 0 Å². The molecule has 0 atom stereocenters. The lowest BCUT2D eigenvalue weighted by Crippen LogP contribution is -2.37. The molecule has 0 N–H and O–H groups in total. The number of hydrogen-bond donors (Lipinski definition) is 0. The van der Waals surface area contributed by atoms with Crippen molar-refractivity contribution in [2.45, 2.75) is 38.1 Å². The van der Waals surface area contributed by atoms with Gasteiger partial charge in [-0.15, -0.1) is 11.3 Å². The van der Waals surface area contributed by atoms with E-state index in [9.17, 15) is 4.79 Å². The van der Waals surface area contributed by atoms with Gasteiger partial charge in [0.15, 0.2) is 0 Å². The topological polar surface area (TPSA) is 20.3 Å². The number of amides is 1. The maximum atomic E-state index is 12.7. The maximum Gasteiger partial charge on any atom is 0.263 e. The van der Waals surface area contributed by atoms with Gasteiger partial charge < -0.3 is 4.90 Å². The molecule has 0 bridgehead atoms. The predicted molar refractivity (Wildman–Crippen MR) is 93.7 cm³/mol. The first-order valence-corrected chi connectivity index (χ1v) is 8.97. The van der Waals surface area contributed by atoms with Crippen LogP contribution in [0.1, 0.15) is 41.8 Å². The van der Waals surface area contributed by atoms with Crippen LogP contribution in [0.3, 0.4) is 0 Å². The lowest BCUT2D eigenvalue weighted by Gasteiger charge is -2.30. The average molecular weight is 334 g/mol. The van der Waals surface area contributed by atoms with E-state index in [4.69, 9.17) is 11.6 Å². The summed E-state index contributed by atoms with van der Waals surface area (Å²) in [6.07, 6.45) is 6.04. The van der Waals surface area contributed by atoms with Gasteiger partial charge in [-0.05, 0) is 42.7 Å². The quantitative estimate of drug-likeness (QED) is 0.729. The third kappa shape index (κ3) is 3.36. The molecule has 4 heteroatoms. The summed E-state index contributed by atoms with van der Waals surface area (Å²) in [5.74, 6) is 0.144. The van der Waals surface area contributed by atoms with Crippen LogP contribution in [-0.4, -0.2) is 23.9 Å². The van der Waals surface area contributed by atoms with Crippen LogP contribution < -0.4 is 0 Å². The molecule has 1 heterocycles. The fraction of sp³-hybridized carbons (Fsp3) is 0.389. The van der Waals surface area contributed by atoms with Crippen LogP contribution in [-0.2, 0) is 0 Å². The van der Waals surface area contributed by atoms with Crippen LogP contribution in [0.25, 0.3) is 10.4 Å². The van der Waals surface area contributed by atoms with E-state index in [1.807, 2.05) is 48.3 Å². The first-order valence-electron chi connectivity index (χ1n) is 7.78. The van der Waals surface area contributed by atoms with E-state index in [1.54, 1.807) is 11.3 Å². The summed E-state index contributed by atoms with van der Waals surface area (Å²) in [5, 5.41) is 0.720. The predicted octanol–water partition coefficient (Wildman–Crippen LogP) is 5.47. The van der Waals surface area contributed by atoms with Crippen molar-refractivity contribution in [3.05, 3.63) is 46.3 Å². The molecule has 1 saturated carbocycles. The van der Waals surface area contributed by atoms with Crippen molar-refractivity contribution in [1.82, 2.24) is 4.90 Å². The second-order valence-electron chi connectivity index (χ2n) is 5.88. The molecule has 0 saturated heterocycles. The Kier molecular flexibility index (Phi) is 4.84. The Morgan fingerprint density at radius 3 is 2.68 bits per heavy atom. The van der Waals surface area contributed by atoms with Gasteiger partial charge in [0.1, 0.15) is 0 Å². The molecular weight excluding hydrogens is 314 g/mol. The highest BCUT2D eigenvalue weighted by Gasteiger charge is 2.24. The third-order valence-corrected chi connectivity index (χ3v) is 5.73. The largest absolute Gasteiger partial charge is 0.338 e. The van der Waals surface area contributed by atoms with Crippen molar-refractivity contribution >= 4 is 28.8 Å². The second-order valence-corrected chi connectivity index (χ2v) is 7.40. The van der Waals surface area contributed by atoms with Gasteiger partial charge in [0, 0.05) is 23.0 Å². The molecule has 1 aliphatic rings. The highest BCUT2D eigenvalue weighted by Crippen LogP contribution is 2.31. The van der Waals surface area contributed by atoms with Crippen LogP contribution in [0.4, 0.5) is 0 Å². The summed E-state index contributed by atoms with van der Waals surface area (Å²) in [5.41, 5.74) is 1.07. The summed E-state index contributed by atoms with van der Waals surface area (Å²) >= 11 is 7.59. The normalized spacial score (nSPS) is 15.7. The third-order valence-electron chi connectivity index (χ3n) is 4.37. The Morgan fingerprint density at radius 2 is 1.95 bits per heavy atom. The Hall–Kier alpha value is -1.32. The molecule has 1 aliphatic carbocycles. The van der Waals surface area contributed by atoms with Crippen LogP contribution in [0, 0.1) is 0 Å². The molecule has 1 aromatic heterocycles. The molecule has 0 unspecified atom stereocenters. The van der Waals surface area contributed by atoms with Crippen LogP contribution in [0.5, 0.6) is 0 Å². The lowest BCUT2D eigenvalue weighted by atomic mass is 9.94. The van der Waals surface area contributed by atoms with Gasteiger partial charge in [-0.3, -0.25) is 4.79 Å². The Balaban J connectivity index is 1.76. The van der Waals surface area contributed by atoms with Crippen molar-refractivity contribution in [1.29, 1.82) is 0 Å². The first-order chi connectivity index (χ1) is 10.6. The minimum Gasteiger partial charge on any atom is -0.338 e. The zero-order valence-corrected chi connectivity index (χ0v) is 14.3. The molecule has 22 heavy (non-hydrogen) atoms. The van der Waals surface area contributed by atoms with Gasteiger partial charge in [-0.25, -0.2) is 0 Å². The smallest absolute Gasteiger partial charge is 0.263 e. The van der Waals surface area contributed by atoms with Crippen molar-refractivity contribution in [3.8, 4) is 10.4 Å². The highest BCUT2D eigenvalue weighted by atomic mass is 35.5. The molecule has 1 aromatic carbocycles. The molecule has 116 valence electrons. The van der Waals surface area contributed by atoms with E-state index < -0.39 is 0 Å². The highest BCUT2D eigenvalue weighted by molar-refractivity contribution is 7.17. The summed E-state index contributed by atoms with van der Waals surface area (Å²) in [7, 11) is 1.94. The van der Waals surface area contributed by atoms with E-state index in [-0.39, 0.29) is 5.91 Å². The van der Waals surface area contributed by atoms with E-state index in [1.165, 1.54) is 19.3 Å². The SMILES string of the molecule is CN(C(=O)c1ccc(-c2cccc(Cl)c2)s1)C1CCCCC1. The minimum absolute atomic E-state index is 0.144. The summed E-state index contributed by atoms with van der Waals surface area (Å²) in [4.78, 5) is 16.5. The lowest BCUT2D eigenvalue weighted by molar-refractivity contribution is 0.0701. The summed E-state index contributed by atoms with van der Waals surface area (Å²) < 4.78 is 0. The van der Waals surface area contributed by atoms with Crippen molar-refractivity contribution < 1.29 is 4.79 Å². The summed E-state index contributed by atoms with van der Waals surface area (Å²) in [6.45, 7) is 0. The average Bonchev–Trinajstić information content (AvgIpc) is 3.04. The van der Waals surface area contributed by atoms with Crippen LogP contribution in [0.2, 0.25) is 5.02 Å². The number of nitrogens with zero attached hydrogens (tertiary/aromatic N) is 1. The molecule has 0 spiro atoms. The number of halogens is 1. The van der Waals surface area contributed by atoms with Gasteiger partial charge in [0.2, 0.25) is 0 Å². The zero-order chi connectivity index (χ0) is 15.5. The molecule has 1 amide bonds. The molecule has 0 radical (unpaired) electrons. The molecule has 0 aliphatic heterocycles. The standard InChI is InChI=1S/C18H20ClNOS/c1-20(15-8-3-2-4-9-15)18(21)17-11-10-16(22-17)13-6-5-7-14(19)12-13/h5-7,10-12,15H,2-4,8-9H2,1H3. The van der Waals surface area contributed by atoms with Gasteiger partial charge in [0.25, 0.3) is 5.91 Å². The molecular formula is C18H20ClNOS. The minimum atomic E-state index is 0.144.